The van der Waals surface area contributed by atoms with Crippen LogP contribution in [0.25, 0.3) is 0 Å². The fourth-order valence-electron chi connectivity index (χ4n) is 2.39. The molecule has 0 heterocycles. The SMILES string of the molecule is N/N=C(\N)c1ccc(NC2CCCCC2)c(N)c1. The summed E-state index contributed by atoms with van der Waals surface area (Å²) >= 11 is 0. The molecule has 1 aromatic rings. The van der Waals surface area contributed by atoms with Gasteiger partial charge in [0.25, 0.3) is 0 Å². The lowest BCUT2D eigenvalue weighted by atomic mass is 9.95. The molecule has 98 valence electrons. The molecule has 0 unspecified atom stereocenters. The number of hydrazone groups is 1. The number of hydrogen-bond donors (Lipinski definition) is 4. The fraction of sp³-hybridized carbons (Fsp3) is 0.462. The van der Waals surface area contributed by atoms with Gasteiger partial charge in [-0.25, -0.2) is 0 Å². The van der Waals surface area contributed by atoms with Crippen molar-refractivity contribution in [2.75, 3.05) is 11.1 Å². The van der Waals surface area contributed by atoms with Crippen molar-refractivity contribution in [2.45, 2.75) is 38.1 Å². The van der Waals surface area contributed by atoms with E-state index >= 15 is 0 Å². The molecule has 7 N–H and O–H groups in total. The average Bonchev–Trinajstić information content (AvgIpc) is 2.41. The summed E-state index contributed by atoms with van der Waals surface area (Å²) in [5.74, 6) is 5.45. The van der Waals surface area contributed by atoms with Crippen molar-refractivity contribution in [3.8, 4) is 0 Å². The number of rotatable bonds is 3. The largest absolute Gasteiger partial charge is 0.397 e. The fourth-order valence-corrected chi connectivity index (χ4v) is 2.39. The molecule has 1 aromatic carbocycles. The first-order valence-corrected chi connectivity index (χ1v) is 6.40. The smallest absolute Gasteiger partial charge is 0.150 e. The number of nitrogens with two attached hydrogens (primary N) is 3. The van der Waals surface area contributed by atoms with E-state index in [2.05, 4.69) is 10.4 Å². The van der Waals surface area contributed by atoms with Gasteiger partial charge >= 0.3 is 0 Å². The van der Waals surface area contributed by atoms with E-state index in [0.29, 0.717) is 17.6 Å². The summed E-state index contributed by atoms with van der Waals surface area (Å²) < 4.78 is 0. The predicted molar refractivity (Wildman–Crippen MR) is 76.3 cm³/mol. The molecule has 1 aliphatic rings. The van der Waals surface area contributed by atoms with Crippen LogP contribution in [0.3, 0.4) is 0 Å². The highest BCUT2D eigenvalue weighted by atomic mass is 15.2. The van der Waals surface area contributed by atoms with Gasteiger partial charge in [-0.1, -0.05) is 19.3 Å². The summed E-state index contributed by atoms with van der Waals surface area (Å²) in [7, 11) is 0. The van der Waals surface area contributed by atoms with Crippen molar-refractivity contribution in [2.24, 2.45) is 16.7 Å². The molecule has 18 heavy (non-hydrogen) atoms. The van der Waals surface area contributed by atoms with Crippen molar-refractivity contribution in [3.63, 3.8) is 0 Å². The lowest BCUT2D eigenvalue weighted by Gasteiger charge is -2.24. The maximum absolute atomic E-state index is 6.02. The molecular formula is C13H21N5. The molecule has 1 fully saturated rings. The molecule has 1 aliphatic carbocycles. The van der Waals surface area contributed by atoms with Crippen molar-refractivity contribution in [1.29, 1.82) is 0 Å². The quantitative estimate of drug-likeness (QED) is 0.214. The summed E-state index contributed by atoms with van der Waals surface area (Å²) in [5.41, 5.74) is 14.1. The topological polar surface area (TPSA) is 102 Å². The average molecular weight is 247 g/mol. The second-order valence-electron chi connectivity index (χ2n) is 4.80. The molecule has 1 saturated carbocycles. The van der Waals surface area contributed by atoms with Crippen LogP contribution in [0.15, 0.2) is 23.3 Å². The zero-order valence-corrected chi connectivity index (χ0v) is 10.5. The molecule has 5 heteroatoms. The second-order valence-corrected chi connectivity index (χ2v) is 4.80. The zero-order valence-electron chi connectivity index (χ0n) is 10.5. The Labute approximate surface area is 107 Å². The first kappa shape index (κ1) is 12.5. The molecule has 0 atom stereocenters. The predicted octanol–water partition coefficient (Wildman–Crippen LogP) is 1.59. The number of amidine groups is 1. The van der Waals surface area contributed by atoms with Gasteiger partial charge in [0, 0.05) is 11.6 Å². The van der Waals surface area contributed by atoms with Crippen molar-refractivity contribution in [3.05, 3.63) is 23.8 Å². The van der Waals surface area contributed by atoms with Gasteiger partial charge in [0.05, 0.1) is 11.4 Å². The minimum Gasteiger partial charge on any atom is -0.397 e. The van der Waals surface area contributed by atoms with Gasteiger partial charge in [-0.2, -0.15) is 5.10 Å². The van der Waals surface area contributed by atoms with Gasteiger partial charge in [-0.05, 0) is 31.0 Å². The summed E-state index contributed by atoms with van der Waals surface area (Å²) in [4.78, 5) is 0. The first-order valence-electron chi connectivity index (χ1n) is 6.40. The van der Waals surface area contributed by atoms with Crippen LogP contribution in [-0.2, 0) is 0 Å². The lowest BCUT2D eigenvalue weighted by Crippen LogP contribution is -2.23. The highest BCUT2D eigenvalue weighted by Gasteiger charge is 2.14. The molecule has 0 aromatic heterocycles. The van der Waals surface area contributed by atoms with Crippen LogP contribution in [-0.4, -0.2) is 11.9 Å². The number of hydrogen-bond acceptors (Lipinski definition) is 4. The highest BCUT2D eigenvalue weighted by molar-refractivity contribution is 5.98. The van der Waals surface area contributed by atoms with E-state index in [9.17, 15) is 0 Å². The highest BCUT2D eigenvalue weighted by Crippen LogP contribution is 2.25. The molecule has 5 nitrogen and oxygen atoms in total. The van der Waals surface area contributed by atoms with E-state index in [1.165, 1.54) is 32.1 Å². The minimum absolute atomic E-state index is 0.297. The Hall–Kier alpha value is -1.91. The van der Waals surface area contributed by atoms with E-state index in [4.69, 9.17) is 17.3 Å². The van der Waals surface area contributed by atoms with Gasteiger partial charge in [-0.15, -0.1) is 0 Å². The monoisotopic (exact) mass is 247 g/mol. The van der Waals surface area contributed by atoms with Gasteiger partial charge in [0.15, 0.2) is 0 Å². The van der Waals surface area contributed by atoms with Crippen LogP contribution in [0, 0.1) is 0 Å². The zero-order chi connectivity index (χ0) is 13.0. The summed E-state index contributed by atoms with van der Waals surface area (Å²) in [5, 5.41) is 6.96. The molecule has 0 aliphatic heterocycles. The first-order chi connectivity index (χ1) is 8.70. The molecular weight excluding hydrogens is 226 g/mol. The van der Waals surface area contributed by atoms with Gasteiger partial charge in [0.1, 0.15) is 5.84 Å². The molecule has 2 rings (SSSR count). The molecule has 0 saturated heterocycles. The second kappa shape index (κ2) is 5.62. The third-order valence-corrected chi connectivity index (χ3v) is 3.45. The van der Waals surface area contributed by atoms with Crippen LogP contribution < -0.4 is 22.6 Å². The van der Waals surface area contributed by atoms with Crippen molar-refractivity contribution < 1.29 is 0 Å². The van der Waals surface area contributed by atoms with Crippen molar-refractivity contribution >= 4 is 17.2 Å². The van der Waals surface area contributed by atoms with Crippen LogP contribution >= 0.6 is 0 Å². The third-order valence-electron chi connectivity index (χ3n) is 3.45. The Kier molecular flexibility index (Phi) is 3.92. The van der Waals surface area contributed by atoms with Crippen LogP contribution in [0.4, 0.5) is 11.4 Å². The Bertz CT molecular complexity index is 435. The standard InChI is InChI=1S/C13H21N5/c14-11-8-9(13(15)18-16)6-7-12(11)17-10-4-2-1-3-5-10/h6-8,10,17H,1-5,14,16H2,(H2,15,18). The van der Waals surface area contributed by atoms with E-state index < -0.39 is 0 Å². The van der Waals surface area contributed by atoms with Crippen LogP contribution in [0.5, 0.6) is 0 Å². The van der Waals surface area contributed by atoms with Gasteiger partial charge in [-0.3, -0.25) is 0 Å². The summed E-state index contributed by atoms with van der Waals surface area (Å²) in [6, 6.07) is 6.16. The van der Waals surface area contributed by atoms with Gasteiger partial charge in [0.2, 0.25) is 0 Å². The Balaban J connectivity index is 2.09. The Morgan fingerprint density at radius 1 is 1.22 bits per heavy atom. The summed E-state index contributed by atoms with van der Waals surface area (Å²) in [6.45, 7) is 0. The van der Waals surface area contributed by atoms with E-state index in [0.717, 1.165) is 11.3 Å². The Morgan fingerprint density at radius 3 is 2.56 bits per heavy atom. The molecule has 0 bridgehead atoms. The lowest BCUT2D eigenvalue weighted by molar-refractivity contribution is 0.463. The third kappa shape index (κ3) is 2.85. The number of benzene rings is 1. The molecule has 0 amide bonds. The number of nitrogens with zero attached hydrogens (tertiary/aromatic N) is 1. The number of nitrogen functional groups attached to an aromatic ring is 1. The van der Waals surface area contributed by atoms with Crippen molar-refractivity contribution in [1.82, 2.24) is 0 Å². The van der Waals surface area contributed by atoms with E-state index in [1.54, 1.807) is 6.07 Å². The minimum atomic E-state index is 0.297. The van der Waals surface area contributed by atoms with E-state index in [-0.39, 0.29) is 0 Å². The van der Waals surface area contributed by atoms with Crippen LogP contribution in [0.2, 0.25) is 0 Å². The van der Waals surface area contributed by atoms with Crippen LogP contribution in [0.1, 0.15) is 37.7 Å². The Morgan fingerprint density at radius 2 is 1.94 bits per heavy atom. The normalized spacial score (nSPS) is 17.7. The number of nitrogens with one attached hydrogen (secondary N) is 1. The number of anilines is 2. The van der Waals surface area contributed by atoms with E-state index in [1.807, 2.05) is 12.1 Å². The molecule has 0 spiro atoms. The maximum atomic E-state index is 6.02. The van der Waals surface area contributed by atoms with Gasteiger partial charge < -0.3 is 22.6 Å². The maximum Gasteiger partial charge on any atom is 0.150 e. The summed E-state index contributed by atoms with van der Waals surface area (Å²) in [6.07, 6.45) is 6.36. The molecule has 0 radical (unpaired) electrons.